The Labute approximate surface area is 138 Å². The molecular weight excluding hydrogens is 316 g/mol. The van der Waals surface area contributed by atoms with Crippen molar-refractivity contribution in [2.45, 2.75) is 6.92 Å². The molecular formula is C17H17F2N3O2. The summed E-state index contributed by atoms with van der Waals surface area (Å²) in [6, 6.07) is 9.33. The van der Waals surface area contributed by atoms with Crippen LogP contribution in [0.15, 0.2) is 42.5 Å². The lowest BCUT2D eigenvalue weighted by atomic mass is 10.2. The average molecular weight is 333 g/mol. The molecule has 0 bridgehead atoms. The van der Waals surface area contributed by atoms with Crippen LogP contribution in [-0.2, 0) is 4.79 Å². The maximum Gasteiger partial charge on any atom is 0.322 e. The van der Waals surface area contributed by atoms with Gasteiger partial charge in [0.1, 0.15) is 18.2 Å². The van der Waals surface area contributed by atoms with Gasteiger partial charge in [-0.05, 0) is 31.2 Å². The fourth-order valence-corrected chi connectivity index (χ4v) is 1.93. The fraction of sp³-hybridized carbons (Fsp3) is 0.176. The summed E-state index contributed by atoms with van der Waals surface area (Å²) < 4.78 is 26.3. The van der Waals surface area contributed by atoms with Crippen molar-refractivity contribution >= 4 is 23.3 Å². The minimum atomic E-state index is -0.888. The number of amides is 3. The normalized spacial score (nSPS) is 10.2. The van der Waals surface area contributed by atoms with Gasteiger partial charge in [-0.3, -0.25) is 4.79 Å². The van der Waals surface area contributed by atoms with E-state index in [4.69, 9.17) is 0 Å². The lowest BCUT2D eigenvalue weighted by Crippen LogP contribution is -2.37. The van der Waals surface area contributed by atoms with Crippen LogP contribution in [0.1, 0.15) is 5.56 Å². The van der Waals surface area contributed by atoms with Gasteiger partial charge in [0.05, 0.1) is 5.69 Å². The highest BCUT2D eigenvalue weighted by Crippen LogP contribution is 2.15. The van der Waals surface area contributed by atoms with Crippen LogP contribution >= 0.6 is 0 Å². The number of nitrogens with one attached hydrogen (secondary N) is 2. The van der Waals surface area contributed by atoms with Crippen LogP contribution in [0, 0.1) is 18.6 Å². The SMILES string of the molecule is Cc1ccc(NC(=O)CN(C)C(=O)Nc2ccc(F)cc2F)cc1. The van der Waals surface area contributed by atoms with Crippen LogP contribution in [0.3, 0.4) is 0 Å². The first-order valence-electron chi connectivity index (χ1n) is 7.19. The van der Waals surface area contributed by atoms with Crippen molar-refractivity contribution in [2.24, 2.45) is 0 Å². The molecule has 5 nitrogen and oxygen atoms in total. The third kappa shape index (κ3) is 4.77. The van der Waals surface area contributed by atoms with E-state index in [2.05, 4.69) is 10.6 Å². The van der Waals surface area contributed by atoms with E-state index in [0.717, 1.165) is 22.6 Å². The number of aryl methyl sites for hydroxylation is 1. The van der Waals surface area contributed by atoms with Gasteiger partial charge in [-0.1, -0.05) is 17.7 Å². The zero-order valence-corrected chi connectivity index (χ0v) is 13.3. The first-order valence-corrected chi connectivity index (χ1v) is 7.19. The molecule has 0 aliphatic rings. The molecule has 0 atom stereocenters. The molecule has 2 rings (SSSR count). The molecule has 0 radical (unpaired) electrons. The predicted molar refractivity (Wildman–Crippen MR) is 87.8 cm³/mol. The van der Waals surface area contributed by atoms with Gasteiger partial charge in [-0.25, -0.2) is 13.6 Å². The second-order valence-corrected chi connectivity index (χ2v) is 5.32. The van der Waals surface area contributed by atoms with Crippen molar-refractivity contribution in [3.8, 4) is 0 Å². The van der Waals surface area contributed by atoms with Gasteiger partial charge in [0.15, 0.2) is 0 Å². The number of urea groups is 1. The molecule has 0 aliphatic carbocycles. The van der Waals surface area contributed by atoms with Crippen molar-refractivity contribution in [3.63, 3.8) is 0 Å². The van der Waals surface area contributed by atoms with Gasteiger partial charge in [0.2, 0.25) is 5.91 Å². The number of carbonyl (C=O) groups is 2. The summed E-state index contributed by atoms with van der Waals surface area (Å²) in [7, 11) is 1.39. The molecule has 2 aromatic rings. The maximum absolute atomic E-state index is 13.5. The summed E-state index contributed by atoms with van der Waals surface area (Å²) in [5.41, 5.74) is 1.52. The fourth-order valence-electron chi connectivity index (χ4n) is 1.93. The molecule has 3 amide bonds. The standard InChI is InChI=1S/C17H17F2N3O2/c1-11-3-6-13(7-4-11)20-16(23)10-22(2)17(24)21-15-8-5-12(18)9-14(15)19/h3-9H,10H2,1-2H3,(H,20,23)(H,21,24). The molecule has 0 spiro atoms. The molecule has 0 aliphatic heterocycles. The van der Waals surface area contributed by atoms with Crippen molar-refractivity contribution in [1.29, 1.82) is 0 Å². The molecule has 2 aromatic carbocycles. The molecule has 2 N–H and O–H groups in total. The molecule has 0 fully saturated rings. The quantitative estimate of drug-likeness (QED) is 0.901. The summed E-state index contributed by atoms with van der Waals surface area (Å²) in [4.78, 5) is 25.0. The molecule has 0 saturated heterocycles. The number of halogens is 2. The highest BCUT2D eigenvalue weighted by atomic mass is 19.1. The van der Waals surface area contributed by atoms with Crippen LogP contribution in [0.4, 0.5) is 25.0 Å². The van der Waals surface area contributed by atoms with Gasteiger partial charge in [0, 0.05) is 18.8 Å². The Morgan fingerprint density at radius 1 is 1.04 bits per heavy atom. The second-order valence-electron chi connectivity index (χ2n) is 5.32. The molecule has 126 valence electrons. The van der Waals surface area contributed by atoms with Gasteiger partial charge in [-0.15, -0.1) is 0 Å². The molecule has 7 heteroatoms. The van der Waals surface area contributed by atoms with E-state index in [1.807, 2.05) is 19.1 Å². The molecule has 0 aromatic heterocycles. The number of benzene rings is 2. The highest BCUT2D eigenvalue weighted by Gasteiger charge is 2.15. The van der Waals surface area contributed by atoms with Crippen molar-refractivity contribution in [1.82, 2.24) is 4.90 Å². The Bertz CT molecular complexity index is 748. The van der Waals surface area contributed by atoms with E-state index < -0.39 is 23.6 Å². The molecule has 0 heterocycles. The third-order valence-electron chi connectivity index (χ3n) is 3.24. The van der Waals surface area contributed by atoms with Crippen LogP contribution in [0.25, 0.3) is 0 Å². The highest BCUT2D eigenvalue weighted by molar-refractivity contribution is 5.96. The number of anilines is 2. The second kappa shape index (κ2) is 7.54. The van der Waals surface area contributed by atoms with Crippen molar-refractivity contribution in [2.75, 3.05) is 24.2 Å². The minimum absolute atomic E-state index is 0.160. The number of carbonyl (C=O) groups excluding carboxylic acids is 2. The number of hydrogen-bond acceptors (Lipinski definition) is 2. The lowest BCUT2D eigenvalue weighted by molar-refractivity contribution is -0.116. The Balaban J connectivity index is 1.90. The number of rotatable bonds is 4. The van der Waals surface area contributed by atoms with Crippen LogP contribution in [-0.4, -0.2) is 30.4 Å². The zero-order valence-electron chi connectivity index (χ0n) is 13.3. The van der Waals surface area contributed by atoms with E-state index in [1.54, 1.807) is 12.1 Å². The monoisotopic (exact) mass is 333 g/mol. The first-order chi connectivity index (χ1) is 11.3. The van der Waals surface area contributed by atoms with Crippen molar-refractivity contribution in [3.05, 3.63) is 59.7 Å². The minimum Gasteiger partial charge on any atom is -0.325 e. The van der Waals surface area contributed by atoms with Crippen molar-refractivity contribution < 1.29 is 18.4 Å². The summed E-state index contributed by atoms with van der Waals surface area (Å²) in [5.74, 6) is -2.02. The largest absolute Gasteiger partial charge is 0.325 e. The molecule has 24 heavy (non-hydrogen) atoms. The third-order valence-corrected chi connectivity index (χ3v) is 3.24. The van der Waals surface area contributed by atoms with Crippen LogP contribution in [0.2, 0.25) is 0 Å². The summed E-state index contributed by atoms with van der Waals surface area (Å²) in [6.07, 6.45) is 0. The smallest absolute Gasteiger partial charge is 0.322 e. The van der Waals surface area contributed by atoms with E-state index in [-0.39, 0.29) is 12.2 Å². The Kier molecular flexibility index (Phi) is 5.47. The van der Waals surface area contributed by atoms with Gasteiger partial charge < -0.3 is 15.5 Å². The van der Waals surface area contributed by atoms with Crippen LogP contribution in [0.5, 0.6) is 0 Å². The molecule has 0 saturated carbocycles. The van der Waals surface area contributed by atoms with E-state index >= 15 is 0 Å². The van der Waals surface area contributed by atoms with Gasteiger partial charge in [-0.2, -0.15) is 0 Å². The van der Waals surface area contributed by atoms with Crippen LogP contribution < -0.4 is 10.6 Å². The average Bonchev–Trinajstić information content (AvgIpc) is 2.52. The van der Waals surface area contributed by atoms with E-state index in [1.165, 1.54) is 7.05 Å². The molecule has 0 unspecified atom stereocenters. The maximum atomic E-state index is 13.5. The summed E-state index contributed by atoms with van der Waals surface area (Å²) in [6.45, 7) is 1.71. The number of nitrogens with zero attached hydrogens (tertiary/aromatic N) is 1. The van der Waals surface area contributed by atoms with Gasteiger partial charge in [0.25, 0.3) is 0 Å². The number of likely N-dealkylation sites (N-methyl/N-ethyl adjacent to an activating group) is 1. The Morgan fingerprint density at radius 3 is 2.33 bits per heavy atom. The summed E-state index contributed by atoms with van der Waals surface area (Å²) >= 11 is 0. The zero-order chi connectivity index (χ0) is 17.7. The van der Waals surface area contributed by atoms with E-state index in [0.29, 0.717) is 11.8 Å². The summed E-state index contributed by atoms with van der Waals surface area (Å²) in [5, 5.41) is 4.93. The predicted octanol–water partition coefficient (Wildman–Crippen LogP) is 3.38. The Morgan fingerprint density at radius 2 is 1.71 bits per heavy atom. The number of hydrogen-bond donors (Lipinski definition) is 2. The van der Waals surface area contributed by atoms with Gasteiger partial charge >= 0.3 is 6.03 Å². The Hall–Kier alpha value is -2.96. The lowest BCUT2D eigenvalue weighted by Gasteiger charge is -2.18. The first kappa shape index (κ1) is 17.4. The van der Waals surface area contributed by atoms with E-state index in [9.17, 15) is 18.4 Å². The topological polar surface area (TPSA) is 61.4 Å².